The van der Waals surface area contributed by atoms with Gasteiger partial charge in [0.2, 0.25) is 0 Å². The van der Waals surface area contributed by atoms with E-state index < -0.39 is 0 Å². The summed E-state index contributed by atoms with van der Waals surface area (Å²) < 4.78 is 0. The topological polar surface area (TPSA) is 112 Å². The van der Waals surface area contributed by atoms with Crippen LogP contribution in [-0.2, 0) is 44.2 Å². The van der Waals surface area contributed by atoms with E-state index in [1.807, 2.05) is 0 Å². The van der Waals surface area contributed by atoms with Crippen LogP contribution in [0.15, 0.2) is 12.4 Å². The Kier molecular flexibility index (Phi) is 9.17. The Morgan fingerprint density at radius 2 is 1.20 bits per heavy atom. The third-order valence-electron chi connectivity index (χ3n) is 3.64. The molecule has 25 heavy (non-hydrogen) atoms. The van der Waals surface area contributed by atoms with Crippen LogP contribution in [0, 0.1) is 13.8 Å². The van der Waals surface area contributed by atoms with Crippen molar-refractivity contribution < 1.29 is 39.9 Å². The minimum absolute atomic E-state index is 0. The molecule has 0 amide bonds. The number of nitrogens with zero attached hydrogens (tertiary/aromatic N) is 2. The van der Waals surface area contributed by atoms with E-state index in [4.69, 9.17) is 0 Å². The van der Waals surface area contributed by atoms with Gasteiger partial charge in [-0.15, -0.1) is 0 Å². The van der Waals surface area contributed by atoms with Crippen LogP contribution in [0.25, 0.3) is 0 Å². The van der Waals surface area contributed by atoms with Crippen molar-refractivity contribution in [3.05, 3.63) is 46.0 Å². The van der Waals surface area contributed by atoms with Crippen molar-refractivity contribution in [1.82, 2.24) is 9.97 Å². The van der Waals surface area contributed by atoms with E-state index in [1.165, 1.54) is 21.6 Å². The SMILES string of the molecule is Cc1ncc(CSSCc2cnc(C)c([O-])c2CO)c(CO)c1[O-].[Zn+2]. The van der Waals surface area contributed by atoms with E-state index in [9.17, 15) is 20.4 Å². The second-order valence-corrected chi connectivity index (χ2v) is 7.66. The van der Waals surface area contributed by atoms with Crippen molar-refractivity contribution in [3.8, 4) is 11.5 Å². The Labute approximate surface area is 167 Å². The average molecular weight is 432 g/mol. The predicted molar refractivity (Wildman–Crippen MR) is 91.3 cm³/mol. The maximum absolute atomic E-state index is 11.9. The first-order valence-corrected chi connectivity index (χ1v) is 9.73. The van der Waals surface area contributed by atoms with Crippen LogP contribution in [0.2, 0.25) is 0 Å². The van der Waals surface area contributed by atoms with Crippen LogP contribution in [0.5, 0.6) is 11.5 Å². The van der Waals surface area contributed by atoms with E-state index in [0.29, 0.717) is 45.1 Å². The van der Waals surface area contributed by atoms with Gasteiger partial charge >= 0.3 is 19.5 Å². The fourth-order valence-corrected chi connectivity index (χ4v) is 4.34. The van der Waals surface area contributed by atoms with Gasteiger partial charge in [0.05, 0.1) is 13.2 Å². The van der Waals surface area contributed by atoms with Crippen LogP contribution in [-0.4, -0.2) is 20.2 Å². The van der Waals surface area contributed by atoms with Gasteiger partial charge in [-0.3, -0.25) is 9.97 Å². The molecule has 2 heterocycles. The molecule has 6 nitrogen and oxygen atoms in total. The predicted octanol–water partition coefficient (Wildman–Crippen LogP) is 1.30. The third-order valence-corrected chi connectivity index (χ3v) is 5.87. The largest absolute Gasteiger partial charge is 2.00 e. The van der Waals surface area contributed by atoms with Gasteiger partial charge in [-0.1, -0.05) is 33.1 Å². The number of hydrogen-bond acceptors (Lipinski definition) is 8. The zero-order chi connectivity index (χ0) is 17.7. The first-order chi connectivity index (χ1) is 11.5. The summed E-state index contributed by atoms with van der Waals surface area (Å²) in [5, 5.41) is 42.6. The summed E-state index contributed by atoms with van der Waals surface area (Å²) in [5.74, 6) is 0.589. The fourth-order valence-electron chi connectivity index (χ4n) is 2.16. The molecule has 0 atom stereocenters. The van der Waals surface area contributed by atoms with Crippen molar-refractivity contribution in [2.24, 2.45) is 0 Å². The minimum Gasteiger partial charge on any atom is -0.871 e. The summed E-state index contributed by atoms with van der Waals surface area (Å²) >= 11 is 0. The molecule has 0 saturated heterocycles. The Balaban J connectivity index is 0.00000312. The molecule has 2 aromatic heterocycles. The molecular weight excluding hydrogens is 414 g/mol. The van der Waals surface area contributed by atoms with Crippen molar-refractivity contribution in [3.63, 3.8) is 0 Å². The Hall–Kier alpha value is -0.857. The monoisotopic (exact) mass is 430 g/mol. The van der Waals surface area contributed by atoms with Crippen molar-refractivity contribution >= 4 is 21.6 Å². The molecule has 0 spiro atoms. The fraction of sp³-hybridized carbons (Fsp3) is 0.375. The molecule has 0 bridgehead atoms. The van der Waals surface area contributed by atoms with Crippen LogP contribution in [0.3, 0.4) is 0 Å². The van der Waals surface area contributed by atoms with Gasteiger partial charge in [0.1, 0.15) is 0 Å². The molecule has 2 aromatic rings. The first-order valence-electron chi connectivity index (χ1n) is 7.24. The van der Waals surface area contributed by atoms with Gasteiger partial charge in [0, 0.05) is 35.3 Å². The van der Waals surface area contributed by atoms with Crippen LogP contribution in [0.4, 0.5) is 0 Å². The number of aliphatic hydroxyl groups is 2. The van der Waals surface area contributed by atoms with Crippen molar-refractivity contribution in [2.75, 3.05) is 0 Å². The number of pyridine rings is 2. The molecule has 0 fully saturated rings. The molecule has 0 aliphatic heterocycles. The van der Waals surface area contributed by atoms with Crippen LogP contribution >= 0.6 is 21.6 Å². The van der Waals surface area contributed by atoms with Gasteiger partial charge in [-0.05, 0) is 36.1 Å². The molecule has 2 rings (SSSR count). The number of rotatable bonds is 7. The van der Waals surface area contributed by atoms with Gasteiger partial charge in [-0.25, -0.2) is 0 Å². The summed E-state index contributed by atoms with van der Waals surface area (Å²) in [6.07, 6.45) is 3.22. The quantitative estimate of drug-likeness (QED) is 0.383. The smallest absolute Gasteiger partial charge is 0.871 e. The molecule has 0 aromatic carbocycles. The van der Waals surface area contributed by atoms with E-state index in [1.54, 1.807) is 26.2 Å². The first kappa shape index (κ1) is 22.2. The van der Waals surface area contributed by atoms with Gasteiger partial charge in [0.15, 0.2) is 0 Å². The number of aryl methyl sites for hydroxylation is 2. The number of aromatic nitrogens is 2. The molecule has 0 saturated carbocycles. The Bertz CT molecular complexity index is 670. The van der Waals surface area contributed by atoms with Crippen molar-refractivity contribution in [2.45, 2.75) is 38.6 Å². The Morgan fingerprint density at radius 1 is 0.840 bits per heavy atom. The Morgan fingerprint density at radius 3 is 1.52 bits per heavy atom. The second-order valence-electron chi connectivity index (χ2n) is 5.19. The summed E-state index contributed by atoms with van der Waals surface area (Å²) in [4.78, 5) is 8.08. The zero-order valence-electron chi connectivity index (χ0n) is 14.1. The molecule has 0 unspecified atom stereocenters. The zero-order valence-corrected chi connectivity index (χ0v) is 18.7. The number of hydrogen-bond donors (Lipinski definition) is 2. The molecule has 130 valence electrons. The molecule has 0 aliphatic carbocycles. The molecule has 9 heteroatoms. The summed E-state index contributed by atoms with van der Waals surface area (Å²) in [5.41, 5.74) is 2.93. The van der Waals surface area contributed by atoms with E-state index >= 15 is 0 Å². The summed E-state index contributed by atoms with van der Waals surface area (Å²) in [7, 11) is 2.98. The normalized spacial score (nSPS) is 10.6. The van der Waals surface area contributed by atoms with E-state index in [2.05, 4.69) is 9.97 Å². The number of aliphatic hydroxyl groups excluding tert-OH is 2. The van der Waals surface area contributed by atoms with Crippen LogP contribution < -0.4 is 10.2 Å². The maximum Gasteiger partial charge on any atom is 2.00 e. The maximum atomic E-state index is 11.9. The third kappa shape index (κ3) is 5.31. The van der Waals surface area contributed by atoms with E-state index in [0.717, 1.165) is 0 Å². The minimum atomic E-state index is -0.307. The van der Waals surface area contributed by atoms with Crippen LogP contribution in [0.1, 0.15) is 33.6 Å². The van der Waals surface area contributed by atoms with Gasteiger partial charge < -0.3 is 20.4 Å². The van der Waals surface area contributed by atoms with Crippen molar-refractivity contribution in [1.29, 1.82) is 0 Å². The standard InChI is InChI=1S/C16H20N2O4S2.Zn/c1-9-15(21)13(5-19)11(3-17-9)7-23-24-8-12-4-18-10(2)16(22)14(12)6-20;/h3-4,19-22H,5-8H2,1-2H3;/q;+2/p-2. The van der Waals surface area contributed by atoms with Gasteiger partial charge in [-0.2, -0.15) is 0 Å². The summed E-state index contributed by atoms with van der Waals surface area (Å²) in [6.45, 7) is 2.63. The molecule has 0 radical (unpaired) electrons. The summed E-state index contributed by atoms with van der Waals surface area (Å²) in [6, 6.07) is 0. The van der Waals surface area contributed by atoms with Gasteiger partial charge in [0.25, 0.3) is 0 Å². The second kappa shape index (κ2) is 10.3. The van der Waals surface area contributed by atoms with E-state index in [-0.39, 0.29) is 44.2 Å². The molecular formula is C16H18N2O4S2Zn. The average Bonchev–Trinajstić information content (AvgIpc) is 2.58. The molecule has 0 aliphatic rings. The molecule has 2 N–H and O–H groups in total.